The fraction of sp³-hybridized carbons (Fsp3) is 0.529. The van der Waals surface area contributed by atoms with Crippen LogP contribution in [0.2, 0.25) is 0 Å². The Morgan fingerprint density at radius 2 is 1.80 bits per heavy atom. The van der Waals surface area contributed by atoms with Gasteiger partial charge in [-0.1, -0.05) is 39.8 Å². The summed E-state index contributed by atoms with van der Waals surface area (Å²) in [5.41, 5.74) is 1.11. The third-order valence-corrected chi connectivity index (χ3v) is 6.17. The maximum Gasteiger partial charge on any atom is 0.193 e. The second-order valence-electron chi connectivity index (χ2n) is 6.36. The molecule has 134 valence electrons. The van der Waals surface area contributed by atoms with Crippen LogP contribution in [0.1, 0.15) is 6.42 Å². The minimum Gasteiger partial charge on any atom is -0.379 e. The van der Waals surface area contributed by atoms with Gasteiger partial charge in [0.25, 0.3) is 0 Å². The highest BCUT2D eigenvalue weighted by atomic mass is 79.9. The highest BCUT2D eigenvalue weighted by Crippen LogP contribution is 2.29. The van der Waals surface area contributed by atoms with Crippen LogP contribution in [-0.4, -0.2) is 69.8 Å². The van der Waals surface area contributed by atoms with Crippen LogP contribution in [0, 0.1) is 0 Å². The van der Waals surface area contributed by atoms with Crippen LogP contribution in [0.5, 0.6) is 0 Å². The van der Waals surface area contributed by atoms with Gasteiger partial charge in [0.05, 0.1) is 25.8 Å². The summed E-state index contributed by atoms with van der Waals surface area (Å²) in [5.74, 6) is 1.94. The first-order valence-corrected chi connectivity index (χ1v) is 10.4. The van der Waals surface area contributed by atoms with Crippen molar-refractivity contribution in [3.63, 3.8) is 0 Å². The van der Waals surface area contributed by atoms with Crippen LogP contribution in [0.4, 0.5) is 0 Å². The Bertz CT molecular complexity index is 702. The van der Waals surface area contributed by atoms with Crippen LogP contribution in [0.15, 0.2) is 33.9 Å². The Balaban J connectivity index is 1.37. The number of morpholine rings is 1. The molecule has 1 aromatic carbocycles. The Hall–Kier alpha value is -0.930. The van der Waals surface area contributed by atoms with Gasteiger partial charge in [0.2, 0.25) is 0 Å². The van der Waals surface area contributed by atoms with Gasteiger partial charge in [0.15, 0.2) is 11.0 Å². The number of rotatable bonds is 5. The quantitative estimate of drug-likeness (QED) is 0.736. The lowest BCUT2D eigenvalue weighted by Crippen LogP contribution is -2.38. The van der Waals surface area contributed by atoms with E-state index in [4.69, 9.17) is 4.74 Å². The van der Waals surface area contributed by atoms with Gasteiger partial charge in [-0.3, -0.25) is 14.4 Å². The topological polar surface area (TPSA) is 46.4 Å². The zero-order chi connectivity index (χ0) is 17.1. The molecular weight excluding hydrogens is 402 g/mol. The summed E-state index contributed by atoms with van der Waals surface area (Å²) in [6.45, 7) is 7.00. The van der Waals surface area contributed by atoms with Crippen LogP contribution >= 0.6 is 27.7 Å². The smallest absolute Gasteiger partial charge is 0.193 e. The molecule has 0 saturated carbocycles. The van der Waals surface area contributed by atoms with Gasteiger partial charge >= 0.3 is 0 Å². The van der Waals surface area contributed by atoms with E-state index in [0.717, 1.165) is 73.0 Å². The van der Waals surface area contributed by atoms with E-state index in [2.05, 4.69) is 52.6 Å². The van der Waals surface area contributed by atoms with Crippen molar-refractivity contribution in [1.29, 1.82) is 0 Å². The average molecular weight is 424 g/mol. The van der Waals surface area contributed by atoms with Gasteiger partial charge in [0.1, 0.15) is 0 Å². The average Bonchev–Trinajstić information content (AvgIpc) is 3.07. The summed E-state index contributed by atoms with van der Waals surface area (Å²) in [5, 5.41) is 9.79. The van der Waals surface area contributed by atoms with Crippen molar-refractivity contribution in [2.75, 3.05) is 45.3 Å². The fourth-order valence-corrected chi connectivity index (χ4v) is 4.38. The van der Waals surface area contributed by atoms with Crippen molar-refractivity contribution < 1.29 is 4.74 Å². The third-order valence-electron chi connectivity index (χ3n) is 4.59. The van der Waals surface area contributed by atoms with Crippen LogP contribution in [0.25, 0.3) is 11.4 Å². The number of thioether (sulfide) groups is 1. The zero-order valence-electron chi connectivity index (χ0n) is 14.1. The Morgan fingerprint density at radius 3 is 2.60 bits per heavy atom. The predicted molar refractivity (Wildman–Crippen MR) is 102 cm³/mol. The van der Waals surface area contributed by atoms with Gasteiger partial charge in [0, 0.05) is 29.7 Å². The van der Waals surface area contributed by atoms with Gasteiger partial charge in [-0.05, 0) is 25.1 Å². The SMILES string of the molecule is Brc1ccc(-c2nnc3n2CN(CCCN2CCOCC2)CS3)cc1. The molecule has 4 rings (SSSR count). The van der Waals surface area contributed by atoms with E-state index >= 15 is 0 Å². The van der Waals surface area contributed by atoms with E-state index in [1.807, 2.05) is 12.1 Å². The Kier molecular flexibility index (Phi) is 5.72. The summed E-state index contributed by atoms with van der Waals surface area (Å²) in [6, 6.07) is 8.27. The van der Waals surface area contributed by atoms with E-state index in [1.165, 1.54) is 6.42 Å². The summed E-state index contributed by atoms with van der Waals surface area (Å²) in [7, 11) is 0. The van der Waals surface area contributed by atoms with Crippen molar-refractivity contribution in [3.8, 4) is 11.4 Å². The molecule has 1 fully saturated rings. The second-order valence-corrected chi connectivity index (χ2v) is 8.19. The first-order valence-electron chi connectivity index (χ1n) is 8.64. The normalized spacial score (nSPS) is 19.1. The Morgan fingerprint density at radius 1 is 1.04 bits per heavy atom. The van der Waals surface area contributed by atoms with E-state index < -0.39 is 0 Å². The molecular formula is C17H22BrN5OS. The van der Waals surface area contributed by atoms with E-state index in [1.54, 1.807) is 11.8 Å². The maximum atomic E-state index is 5.41. The first kappa shape index (κ1) is 17.5. The number of ether oxygens (including phenoxy) is 1. The molecule has 1 saturated heterocycles. The number of hydrogen-bond donors (Lipinski definition) is 0. The van der Waals surface area contributed by atoms with Crippen molar-refractivity contribution in [2.45, 2.75) is 18.2 Å². The predicted octanol–water partition coefficient (Wildman–Crippen LogP) is 2.75. The minimum absolute atomic E-state index is 0.865. The van der Waals surface area contributed by atoms with Gasteiger partial charge in [-0.15, -0.1) is 10.2 Å². The molecule has 0 amide bonds. The first-order chi connectivity index (χ1) is 12.3. The summed E-state index contributed by atoms with van der Waals surface area (Å²) in [4.78, 5) is 4.97. The molecule has 3 heterocycles. The Labute approximate surface area is 160 Å². The molecule has 0 atom stereocenters. The van der Waals surface area contributed by atoms with Gasteiger partial charge < -0.3 is 4.74 Å². The van der Waals surface area contributed by atoms with Crippen LogP contribution < -0.4 is 0 Å². The molecule has 2 aromatic rings. The van der Waals surface area contributed by atoms with Gasteiger partial charge in [-0.25, -0.2) is 0 Å². The van der Waals surface area contributed by atoms with Crippen molar-refractivity contribution in [2.24, 2.45) is 0 Å². The van der Waals surface area contributed by atoms with Crippen LogP contribution in [0.3, 0.4) is 0 Å². The highest BCUT2D eigenvalue weighted by Gasteiger charge is 2.22. The molecule has 6 nitrogen and oxygen atoms in total. The number of aromatic nitrogens is 3. The van der Waals surface area contributed by atoms with Crippen LogP contribution in [-0.2, 0) is 11.4 Å². The molecule has 0 aliphatic carbocycles. The highest BCUT2D eigenvalue weighted by molar-refractivity contribution is 9.10. The molecule has 2 aliphatic rings. The van der Waals surface area contributed by atoms with E-state index in [9.17, 15) is 0 Å². The molecule has 0 N–H and O–H groups in total. The number of benzene rings is 1. The zero-order valence-corrected chi connectivity index (χ0v) is 16.5. The lowest BCUT2D eigenvalue weighted by Gasteiger charge is -2.30. The fourth-order valence-electron chi connectivity index (χ4n) is 3.20. The number of nitrogens with zero attached hydrogens (tertiary/aromatic N) is 5. The molecule has 0 unspecified atom stereocenters. The lowest BCUT2D eigenvalue weighted by atomic mass is 10.2. The van der Waals surface area contributed by atoms with Crippen molar-refractivity contribution in [1.82, 2.24) is 24.6 Å². The number of halogens is 1. The van der Waals surface area contributed by atoms with Crippen molar-refractivity contribution >= 4 is 27.7 Å². The molecule has 0 spiro atoms. The standard InChI is InChI=1S/C17H22BrN5OS/c18-15-4-2-14(3-5-15)16-19-20-17-23(16)12-22(13-25-17)7-1-6-21-8-10-24-11-9-21/h2-5H,1,6-13H2. The molecule has 8 heteroatoms. The molecule has 25 heavy (non-hydrogen) atoms. The molecule has 2 aliphatic heterocycles. The third kappa shape index (κ3) is 4.25. The molecule has 1 aromatic heterocycles. The monoisotopic (exact) mass is 423 g/mol. The summed E-state index contributed by atoms with van der Waals surface area (Å²) >= 11 is 5.26. The molecule has 0 bridgehead atoms. The van der Waals surface area contributed by atoms with Crippen molar-refractivity contribution in [3.05, 3.63) is 28.7 Å². The number of fused-ring (bicyclic) bond motifs is 1. The minimum atomic E-state index is 0.865. The van der Waals surface area contributed by atoms with E-state index in [-0.39, 0.29) is 0 Å². The largest absolute Gasteiger partial charge is 0.379 e. The van der Waals surface area contributed by atoms with Gasteiger partial charge in [-0.2, -0.15) is 0 Å². The second kappa shape index (κ2) is 8.18. The summed E-state index contributed by atoms with van der Waals surface area (Å²) < 4.78 is 8.72. The summed E-state index contributed by atoms with van der Waals surface area (Å²) in [6.07, 6.45) is 1.19. The van der Waals surface area contributed by atoms with E-state index in [0.29, 0.717) is 0 Å². The lowest BCUT2D eigenvalue weighted by molar-refractivity contribution is 0.0359. The molecule has 0 radical (unpaired) electrons. The number of hydrogen-bond acceptors (Lipinski definition) is 6. The maximum absolute atomic E-state index is 5.41.